The molecule has 42 heavy (non-hydrogen) atoms. The molecule has 1 N–H and O–H groups in total. The monoisotopic (exact) mass is 589 g/mol. The molecule has 0 saturated heterocycles. The predicted octanol–water partition coefficient (Wildman–Crippen LogP) is 5.41. The summed E-state index contributed by atoms with van der Waals surface area (Å²) in [6, 6.07) is 14.6. The Bertz CT molecular complexity index is 1690. The molecule has 0 bridgehead atoms. The van der Waals surface area contributed by atoms with Crippen molar-refractivity contribution in [2.75, 3.05) is 6.61 Å². The largest absolute Gasteiger partial charge is 0.491 e. The van der Waals surface area contributed by atoms with Crippen molar-refractivity contribution in [3.8, 4) is 22.8 Å². The number of aryl methyl sites for hydroxylation is 2. The van der Waals surface area contributed by atoms with E-state index in [1.165, 1.54) is 4.57 Å². The second kappa shape index (κ2) is 13.0. The molecular formula is C32H39N5O4S. The highest BCUT2D eigenvalue weighted by atomic mass is 32.2. The summed E-state index contributed by atoms with van der Waals surface area (Å²) in [4.78, 5) is 27.6. The van der Waals surface area contributed by atoms with Crippen molar-refractivity contribution in [1.82, 2.24) is 24.2 Å². The van der Waals surface area contributed by atoms with Gasteiger partial charge in [0.05, 0.1) is 29.6 Å². The molecule has 0 spiro atoms. The van der Waals surface area contributed by atoms with Gasteiger partial charge < -0.3 is 4.74 Å². The van der Waals surface area contributed by atoms with Crippen LogP contribution < -0.4 is 15.0 Å². The minimum atomic E-state index is -3.74. The van der Waals surface area contributed by atoms with E-state index < -0.39 is 15.6 Å². The number of hydrogen-bond donors (Lipinski definition) is 1. The number of rotatable bonds is 11. The lowest BCUT2D eigenvalue weighted by Crippen LogP contribution is -2.40. The van der Waals surface area contributed by atoms with Gasteiger partial charge in [0.25, 0.3) is 5.56 Å². The number of unbranched alkanes of at least 4 members (excludes halogenated alkanes) is 1. The highest BCUT2D eigenvalue weighted by Crippen LogP contribution is 2.29. The molecule has 10 heteroatoms. The molecular weight excluding hydrogens is 550 g/mol. The Morgan fingerprint density at radius 2 is 1.64 bits per heavy atom. The first-order valence-electron chi connectivity index (χ1n) is 14.2. The van der Waals surface area contributed by atoms with E-state index >= 15 is 0 Å². The van der Waals surface area contributed by atoms with E-state index in [0.29, 0.717) is 42.1 Å². The normalized spacial score (nSPS) is 12.0. The van der Waals surface area contributed by atoms with Crippen molar-refractivity contribution >= 4 is 10.0 Å². The molecule has 4 rings (SSSR count). The van der Waals surface area contributed by atoms with Crippen LogP contribution in [-0.2, 0) is 22.9 Å². The molecule has 0 amide bonds. The van der Waals surface area contributed by atoms with Gasteiger partial charge in [-0.15, -0.1) is 0 Å². The van der Waals surface area contributed by atoms with E-state index in [4.69, 9.17) is 9.72 Å². The molecule has 2 aromatic heterocycles. The van der Waals surface area contributed by atoms with Gasteiger partial charge >= 0.3 is 0 Å². The maximum atomic E-state index is 13.9. The lowest BCUT2D eigenvalue weighted by atomic mass is 9.98. The highest BCUT2D eigenvalue weighted by Gasteiger charge is 2.25. The number of sulfonamides is 1. The van der Waals surface area contributed by atoms with Crippen LogP contribution in [0.4, 0.5) is 0 Å². The Kier molecular flexibility index (Phi) is 9.58. The molecule has 2 aromatic carbocycles. The number of nitrogens with zero attached hydrogens (tertiary/aromatic N) is 4. The van der Waals surface area contributed by atoms with Crippen LogP contribution in [-0.4, -0.2) is 40.1 Å². The standard InChI is InChI=1S/C32H39N5O4S/c1-7-9-13-28-27(30(38)37(22(3)35-28)31-33-20-25(21-34-31)41-8-2)19-23-15-17-24(18-16-23)26-12-10-11-14-29(26)42(39,40)36-32(4,5)6/h10-12,14-18,20-21,36H,7-9,13,19H2,1-6H3. The van der Waals surface area contributed by atoms with Crippen molar-refractivity contribution in [3.05, 3.63) is 93.9 Å². The summed E-state index contributed by atoms with van der Waals surface area (Å²) in [5, 5.41) is 0. The smallest absolute Gasteiger partial charge is 0.264 e. The third-order valence-electron chi connectivity index (χ3n) is 6.59. The fraction of sp³-hybridized carbons (Fsp3) is 0.375. The SMILES string of the molecule is CCCCc1nc(C)n(-c2ncc(OCC)cn2)c(=O)c1Cc1ccc(-c2ccccc2S(=O)(=O)NC(C)(C)C)cc1. The fourth-order valence-electron chi connectivity index (χ4n) is 4.75. The molecule has 0 radical (unpaired) electrons. The average Bonchev–Trinajstić information content (AvgIpc) is 2.94. The van der Waals surface area contributed by atoms with E-state index in [9.17, 15) is 13.2 Å². The summed E-state index contributed by atoms with van der Waals surface area (Å²) < 4.78 is 36.0. The third kappa shape index (κ3) is 7.30. The molecule has 0 aliphatic heterocycles. The molecule has 0 fully saturated rings. The van der Waals surface area contributed by atoms with Gasteiger partial charge in [-0.25, -0.2) is 32.7 Å². The van der Waals surface area contributed by atoms with Gasteiger partial charge in [-0.05, 0) is 64.7 Å². The summed E-state index contributed by atoms with van der Waals surface area (Å²) in [5.74, 6) is 1.30. The first-order chi connectivity index (χ1) is 19.9. The summed E-state index contributed by atoms with van der Waals surface area (Å²) in [5.41, 5.74) is 2.83. The summed E-state index contributed by atoms with van der Waals surface area (Å²) in [6.07, 6.45) is 6.05. The molecule has 4 aromatic rings. The highest BCUT2D eigenvalue weighted by molar-refractivity contribution is 7.89. The van der Waals surface area contributed by atoms with Gasteiger partial charge in [0.15, 0.2) is 5.75 Å². The van der Waals surface area contributed by atoms with Crippen molar-refractivity contribution in [2.45, 2.75) is 77.7 Å². The lowest BCUT2D eigenvalue weighted by molar-refractivity contribution is 0.337. The number of benzene rings is 2. The molecule has 0 aliphatic carbocycles. The van der Waals surface area contributed by atoms with Crippen LogP contribution in [0, 0.1) is 6.92 Å². The molecule has 0 atom stereocenters. The summed E-state index contributed by atoms with van der Waals surface area (Å²) >= 11 is 0. The maximum Gasteiger partial charge on any atom is 0.264 e. The van der Waals surface area contributed by atoms with Crippen molar-refractivity contribution < 1.29 is 13.2 Å². The van der Waals surface area contributed by atoms with Crippen LogP contribution in [0.25, 0.3) is 17.1 Å². The van der Waals surface area contributed by atoms with Crippen LogP contribution in [0.3, 0.4) is 0 Å². The minimum absolute atomic E-state index is 0.202. The van der Waals surface area contributed by atoms with E-state index in [1.807, 2.05) is 58.0 Å². The second-order valence-electron chi connectivity index (χ2n) is 11.2. The zero-order valence-electron chi connectivity index (χ0n) is 25.1. The van der Waals surface area contributed by atoms with Gasteiger partial charge in [-0.1, -0.05) is 55.8 Å². The molecule has 9 nitrogen and oxygen atoms in total. The van der Waals surface area contributed by atoms with Gasteiger partial charge in [-0.3, -0.25) is 4.79 Å². The van der Waals surface area contributed by atoms with Gasteiger partial charge in [0, 0.05) is 23.1 Å². The average molecular weight is 590 g/mol. The Balaban J connectivity index is 1.71. The summed E-state index contributed by atoms with van der Waals surface area (Å²) in [6.45, 7) is 11.7. The zero-order chi connectivity index (χ0) is 30.5. The molecule has 0 aliphatic rings. The van der Waals surface area contributed by atoms with Gasteiger partial charge in [-0.2, -0.15) is 0 Å². The first kappa shape index (κ1) is 31.1. The predicted molar refractivity (Wildman–Crippen MR) is 165 cm³/mol. The van der Waals surface area contributed by atoms with Crippen LogP contribution in [0.15, 0.2) is 70.6 Å². The fourth-order valence-corrected chi connectivity index (χ4v) is 6.40. The Hall–Kier alpha value is -3.89. The van der Waals surface area contributed by atoms with Gasteiger partial charge in [0.2, 0.25) is 16.0 Å². The summed E-state index contributed by atoms with van der Waals surface area (Å²) in [7, 11) is -3.74. The minimum Gasteiger partial charge on any atom is -0.491 e. The van der Waals surface area contributed by atoms with Crippen molar-refractivity contribution in [2.24, 2.45) is 0 Å². The topological polar surface area (TPSA) is 116 Å². The number of hydrogen-bond acceptors (Lipinski definition) is 7. The van der Waals surface area contributed by atoms with Crippen molar-refractivity contribution in [3.63, 3.8) is 0 Å². The van der Waals surface area contributed by atoms with E-state index in [-0.39, 0.29) is 16.4 Å². The van der Waals surface area contributed by atoms with Crippen molar-refractivity contribution in [1.29, 1.82) is 0 Å². The molecule has 0 unspecified atom stereocenters. The van der Waals surface area contributed by atoms with Crippen LogP contribution >= 0.6 is 0 Å². The zero-order valence-corrected chi connectivity index (χ0v) is 26.0. The second-order valence-corrected chi connectivity index (χ2v) is 12.9. The quantitative estimate of drug-likeness (QED) is 0.249. The third-order valence-corrected chi connectivity index (χ3v) is 8.40. The first-order valence-corrected chi connectivity index (χ1v) is 15.7. The Morgan fingerprint density at radius 3 is 2.26 bits per heavy atom. The van der Waals surface area contributed by atoms with Crippen LogP contribution in [0.5, 0.6) is 5.75 Å². The Morgan fingerprint density at radius 1 is 0.976 bits per heavy atom. The van der Waals surface area contributed by atoms with E-state index in [2.05, 4.69) is 21.6 Å². The Labute approximate surface area is 248 Å². The molecule has 2 heterocycles. The molecule has 0 saturated carbocycles. The number of nitrogens with one attached hydrogen (secondary N) is 1. The number of aromatic nitrogens is 4. The van der Waals surface area contributed by atoms with Crippen LogP contribution in [0.1, 0.15) is 70.1 Å². The van der Waals surface area contributed by atoms with Gasteiger partial charge in [0.1, 0.15) is 5.82 Å². The lowest BCUT2D eigenvalue weighted by Gasteiger charge is -2.21. The van der Waals surface area contributed by atoms with Crippen LogP contribution in [0.2, 0.25) is 0 Å². The molecule has 222 valence electrons. The maximum absolute atomic E-state index is 13.9. The van der Waals surface area contributed by atoms with E-state index in [1.54, 1.807) is 37.5 Å². The van der Waals surface area contributed by atoms with E-state index in [0.717, 1.165) is 29.7 Å². The number of ether oxygens (including phenoxy) is 1.